The summed E-state index contributed by atoms with van der Waals surface area (Å²) in [6.07, 6.45) is 7.72. The maximum Gasteiger partial charge on any atom is 0.303 e. The van der Waals surface area contributed by atoms with Crippen LogP contribution >= 0.6 is 0 Å². The average molecular weight is 378 g/mol. The van der Waals surface area contributed by atoms with Gasteiger partial charge in [0.1, 0.15) is 12.4 Å². The van der Waals surface area contributed by atoms with E-state index in [1.165, 1.54) is 36.9 Å². The molecule has 0 unspecified atom stereocenters. The molecule has 5 heteroatoms. The predicted octanol–water partition coefficient (Wildman–Crippen LogP) is 5.13. The monoisotopic (exact) mass is 378 g/mol. The third-order valence-electron chi connectivity index (χ3n) is 5.58. The van der Waals surface area contributed by atoms with E-state index in [-0.39, 0.29) is 6.42 Å². The highest BCUT2D eigenvalue weighted by Gasteiger charge is 2.20. The fourth-order valence-electron chi connectivity index (χ4n) is 4.15. The Labute approximate surface area is 164 Å². The van der Waals surface area contributed by atoms with Crippen molar-refractivity contribution in [1.29, 1.82) is 0 Å². The van der Waals surface area contributed by atoms with E-state index in [1.807, 2.05) is 30.5 Å². The highest BCUT2D eigenvalue weighted by atomic mass is 16.5. The summed E-state index contributed by atoms with van der Waals surface area (Å²) in [6.45, 7) is 2.63. The number of hydrogen-bond acceptors (Lipinski definition) is 3. The summed E-state index contributed by atoms with van der Waals surface area (Å²) >= 11 is 0. The molecule has 2 aromatic heterocycles. The molecule has 1 aliphatic carbocycles. The number of carbonyl (C=O) groups is 1. The number of rotatable bonds is 7. The standard InChI is InChI=1S/C23H26N2O3/c1-15-10-16(13-24-23(15)17-4-2-3-5-17)14-28-20-7-8-21-18(12-20)11-19(25-21)6-9-22(26)27/h7-8,10-13,17,25H,2-6,9,14H2,1H3,(H,26,27). The number of nitrogens with one attached hydrogen (secondary N) is 1. The maximum absolute atomic E-state index is 10.7. The Hall–Kier alpha value is -2.82. The molecule has 1 aliphatic rings. The Bertz CT molecular complexity index is 987. The van der Waals surface area contributed by atoms with Gasteiger partial charge in [0.05, 0.1) is 6.42 Å². The zero-order valence-corrected chi connectivity index (χ0v) is 16.2. The lowest BCUT2D eigenvalue weighted by atomic mass is 9.98. The Morgan fingerprint density at radius 1 is 1.25 bits per heavy atom. The summed E-state index contributed by atoms with van der Waals surface area (Å²) < 4.78 is 5.98. The molecule has 0 radical (unpaired) electrons. The van der Waals surface area contributed by atoms with Crippen molar-refractivity contribution < 1.29 is 14.6 Å². The second-order valence-corrected chi connectivity index (χ2v) is 7.75. The smallest absolute Gasteiger partial charge is 0.303 e. The van der Waals surface area contributed by atoms with Gasteiger partial charge in [-0.15, -0.1) is 0 Å². The van der Waals surface area contributed by atoms with Crippen LogP contribution in [0.2, 0.25) is 0 Å². The molecule has 1 fully saturated rings. The Morgan fingerprint density at radius 3 is 2.82 bits per heavy atom. The fraction of sp³-hybridized carbons (Fsp3) is 0.391. The van der Waals surface area contributed by atoms with Gasteiger partial charge in [-0.2, -0.15) is 0 Å². The number of H-pyrrole nitrogens is 1. The van der Waals surface area contributed by atoms with Crippen molar-refractivity contribution in [2.24, 2.45) is 0 Å². The molecule has 0 bridgehead atoms. The van der Waals surface area contributed by atoms with Gasteiger partial charge in [0.2, 0.25) is 0 Å². The molecule has 146 valence electrons. The van der Waals surface area contributed by atoms with Crippen LogP contribution in [0.25, 0.3) is 10.9 Å². The van der Waals surface area contributed by atoms with Crippen LogP contribution < -0.4 is 4.74 Å². The van der Waals surface area contributed by atoms with E-state index in [0.717, 1.165) is 27.9 Å². The van der Waals surface area contributed by atoms with Crippen LogP contribution in [0.5, 0.6) is 5.75 Å². The van der Waals surface area contributed by atoms with Crippen molar-refractivity contribution in [3.05, 3.63) is 59.0 Å². The Morgan fingerprint density at radius 2 is 2.07 bits per heavy atom. The van der Waals surface area contributed by atoms with E-state index in [1.54, 1.807) is 0 Å². The second kappa shape index (κ2) is 8.05. The lowest BCUT2D eigenvalue weighted by molar-refractivity contribution is -0.136. The molecule has 0 atom stereocenters. The van der Waals surface area contributed by atoms with E-state index in [9.17, 15) is 4.79 Å². The molecule has 1 aromatic carbocycles. The molecule has 1 saturated carbocycles. The first-order valence-corrected chi connectivity index (χ1v) is 10.00. The second-order valence-electron chi connectivity index (χ2n) is 7.75. The maximum atomic E-state index is 10.7. The third kappa shape index (κ3) is 4.19. The van der Waals surface area contributed by atoms with Crippen LogP contribution in [0.3, 0.4) is 0 Å². The topological polar surface area (TPSA) is 75.2 Å². The minimum Gasteiger partial charge on any atom is -0.489 e. The average Bonchev–Trinajstić information content (AvgIpc) is 3.34. The number of benzene rings is 1. The number of carboxylic acids is 1. The minimum atomic E-state index is -0.787. The first kappa shape index (κ1) is 18.5. The number of fused-ring (bicyclic) bond motifs is 1. The number of aliphatic carboxylic acids is 1. The van der Waals surface area contributed by atoms with E-state index < -0.39 is 5.97 Å². The molecule has 2 heterocycles. The van der Waals surface area contributed by atoms with Crippen LogP contribution in [0.15, 0.2) is 36.5 Å². The molecule has 28 heavy (non-hydrogen) atoms. The third-order valence-corrected chi connectivity index (χ3v) is 5.58. The number of aryl methyl sites for hydroxylation is 2. The lowest BCUT2D eigenvalue weighted by Gasteiger charge is -2.13. The molecule has 0 spiro atoms. The highest BCUT2D eigenvalue weighted by Crippen LogP contribution is 2.34. The number of nitrogens with zero attached hydrogens (tertiary/aromatic N) is 1. The zero-order valence-electron chi connectivity index (χ0n) is 16.2. The van der Waals surface area contributed by atoms with Gasteiger partial charge in [-0.1, -0.05) is 12.8 Å². The van der Waals surface area contributed by atoms with Crippen molar-refractivity contribution in [1.82, 2.24) is 9.97 Å². The van der Waals surface area contributed by atoms with E-state index in [0.29, 0.717) is 18.9 Å². The number of carboxylic acid groups (broad SMARTS) is 1. The molecule has 3 aromatic rings. The van der Waals surface area contributed by atoms with Crippen molar-refractivity contribution in [2.75, 3.05) is 0 Å². The number of ether oxygens (including phenoxy) is 1. The first-order valence-electron chi connectivity index (χ1n) is 10.00. The summed E-state index contributed by atoms with van der Waals surface area (Å²) in [6, 6.07) is 10.1. The van der Waals surface area contributed by atoms with Gasteiger partial charge in [0.15, 0.2) is 0 Å². The summed E-state index contributed by atoms with van der Waals surface area (Å²) in [5.74, 6) is 0.639. The van der Waals surface area contributed by atoms with Gasteiger partial charge in [0.25, 0.3) is 0 Å². The van der Waals surface area contributed by atoms with Crippen LogP contribution in [0.4, 0.5) is 0 Å². The largest absolute Gasteiger partial charge is 0.489 e. The number of pyridine rings is 1. The highest BCUT2D eigenvalue weighted by molar-refractivity contribution is 5.82. The summed E-state index contributed by atoms with van der Waals surface area (Å²) in [7, 11) is 0. The van der Waals surface area contributed by atoms with Gasteiger partial charge in [-0.05, 0) is 62.1 Å². The molecule has 0 amide bonds. The van der Waals surface area contributed by atoms with Crippen LogP contribution in [0.1, 0.15) is 60.5 Å². The number of aromatic nitrogens is 2. The predicted molar refractivity (Wildman–Crippen MR) is 109 cm³/mol. The van der Waals surface area contributed by atoms with Gasteiger partial charge in [0, 0.05) is 40.0 Å². The summed E-state index contributed by atoms with van der Waals surface area (Å²) in [5.41, 5.74) is 5.51. The van der Waals surface area contributed by atoms with Crippen LogP contribution in [-0.2, 0) is 17.8 Å². The number of hydrogen-bond donors (Lipinski definition) is 2. The molecule has 4 rings (SSSR count). The molecule has 0 aliphatic heterocycles. The van der Waals surface area contributed by atoms with Crippen molar-refractivity contribution >= 4 is 16.9 Å². The Kier molecular flexibility index (Phi) is 5.33. The van der Waals surface area contributed by atoms with Gasteiger partial charge < -0.3 is 14.8 Å². The van der Waals surface area contributed by atoms with E-state index >= 15 is 0 Å². The van der Waals surface area contributed by atoms with Crippen LogP contribution in [-0.4, -0.2) is 21.0 Å². The number of aromatic amines is 1. The first-order chi connectivity index (χ1) is 13.6. The fourth-order valence-corrected chi connectivity index (χ4v) is 4.15. The normalized spacial score (nSPS) is 14.6. The summed E-state index contributed by atoms with van der Waals surface area (Å²) in [4.78, 5) is 18.7. The molecule has 5 nitrogen and oxygen atoms in total. The quantitative estimate of drug-likeness (QED) is 0.598. The lowest BCUT2D eigenvalue weighted by Crippen LogP contribution is -2.03. The van der Waals surface area contributed by atoms with Crippen molar-refractivity contribution in [3.8, 4) is 5.75 Å². The minimum absolute atomic E-state index is 0.124. The van der Waals surface area contributed by atoms with Crippen molar-refractivity contribution in [2.45, 2.75) is 58.0 Å². The van der Waals surface area contributed by atoms with E-state index in [2.05, 4.69) is 18.0 Å². The molecular formula is C23H26N2O3. The van der Waals surface area contributed by atoms with Crippen molar-refractivity contribution in [3.63, 3.8) is 0 Å². The van der Waals surface area contributed by atoms with Gasteiger partial charge >= 0.3 is 5.97 Å². The molecular weight excluding hydrogens is 352 g/mol. The Balaban J connectivity index is 1.42. The van der Waals surface area contributed by atoms with E-state index in [4.69, 9.17) is 14.8 Å². The zero-order chi connectivity index (χ0) is 19.5. The SMILES string of the molecule is Cc1cc(COc2ccc3[nH]c(CCC(=O)O)cc3c2)cnc1C1CCCC1. The summed E-state index contributed by atoms with van der Waals surface area (Å²) in [5, 5.41) is 9.86. The van der Waals surface area contributed by atoms with Gasteiger partial charge in [-0.3, -0.25) is 9.78 Å². The van der Waals surface area contributed by atoms with Crippen LogP contribution in [0, 0.1) is 6.92 Å². The molecule has 0 saturated heterocycles. The molecule has 2 N–H and O–H groups in total. The van der Waals surface area contributed by atoms with Gasteiger partial charge in [-0.25, -0.2) is 0 Å².